The smallest absolute Gasteiger partial charge is 0.321 e. The first kappa shape index (κ1) is 16.5. The second-order valence-corrected chi connectivity index (χ2v) is 5.38. The highest BCUT2D eigenvalue weighted by Crippen LogP contribution is 2.08. The molecule has 6 heteroatoms. The van der Waals surface area contributed by atoms with Gasteiger partial charge in [-0.3, -0.25) is 9.59 Å². The summed E-state index contributed by atoms with van der Waals surface area (Å²) in [5, 5.41) is 8.66. The van der Waals surface area contributed by atoms with Crippen LogP contribution in [-0.4, -0.2) is 46.0 Å². The zero-order valence-electron chi connectivity index (χ0n) is 11.5. The van der Waals surface area contributed by atoms with E-state index in [9.17, 15) is 9.59 Å². The van der Waals surface area contributed by atoms with Crippen LogP contribution in [0, 0.1) is 0 Å². The predicted octanol–water partition coefficient (Wildman–Crippen LogP) is 1.18. The summed E-state index contributed by atoms with van der Waals surface area (Å²) in [6.07, 6.45) is 0. The van der Waals surface area contributed by atoms with Gasteiger partial charge in [0.05, 0.1) is 5.75 Å². The molecule has 1 aromatic rings. The number of carboxylic acids is 1. The maximum absolute atomic E-state index is 12.0. The van der Waals surface area contributed by atoms with E-state index in [4.69, 9.17) is 10.8 Å². The number of thioether (sulfide) groups is 1. The molecule has 1 rings (SSSR count). The fourth-order valence-corrected chi connectivity index (χ4v) is 2.49. The summed E-state index contributed by atoms with van der Waals surface area (Å²) in [4.78, 5) is 24.4. The molecule has 3 N–H and O–H groups in total. The maximum Gasteiger partial charge on any atom is 0.321 e. The van der Waals surface area contributed by atoms with Gasteiger partial charge in [0.2, 0.25) is 5.91 Å². The summed E-state index contributed by atoms with van der Waals surface area (Å²) in [5.74, 6) is -0.549. The van der Waals surface area contributed by atoms with E-state index >= 15 is 0 Å². The highest BCUT2D eigenvalue weighted by molar-refractivity contribution is 8.00. The van der Waals surface area contributed by atoms with Gasteiger partial charge >= 0.3 is 5.97 Å². The summed E-state index contributed by atoms with van der Waals surface area (Å²) >= 11 is 1.26. The minimum Gasteiger partial charge on any atom is -0.480 e. The maximum atomic E-state index is 12.0. The first-order valence-electron chi connectivity index (χ1n) is 6.42. The van der Waals surface area contributed by atoms with E-state index < -0.39 is 12.0 Å². The molecular weight excluding hydrogens is 276 g/mol. The van der Waals surface area contributed by atoms with Crippen molar-refractivity contribution in [3.63, 3.8) is 0 Å². The molecule has 1 atom stereocenters. The van der Waals surface area contributed by atoms with E-state index in [0.29, 0.717) is 13.1 Å². The number of carbonyl (C=O) groups excluding carboxylic acids is 1. The lowest BCUT2D eigenvalue weighted by Crippen LogP contribution is -2.35. The average Bonchev–Trinajstić information content (AvgIpc) is 2.45. The molecule has 0 aliphatic rings. The molecule has 1 amide bonds. The molecule has 110 valence electrons. The second-order valence-electron chi connectivity index (χ2n) is 4.35. The number of hydrogen-bond acceptors (Lipinski definition) is 4. The van der Waals surface area contributed by atoms with Crippen LogP contribution in [0.3, 0.4) is 0 Å². The minimum absolute atomic E-state index is 0.000980. The number of hydrogen-bond donors (Lipinski definition) is 2. The Morgan fingerprint density at radius 2 is 2.00 bits per heavy atom. The molecule has 0 aliphatic heterocycles. The van der Waals surface area contributed by atoms with Crippen molar-refractivity contribution in [2.45, 2.75) is 19.5 Å². The first-order chi connectivity index (χ1) is 9.54. The van der Waals surface area contributed by atoms with Crippen molar-refractivity contribution in [2.75, 3.05) is 18.1 Å². The van der Waals surface area contributed by atoms with Crippen LogP contribution in [0.5, 0.6) is 0 Å². The highest BCUT2D eigenvalue weighted by atomic mass is 32.2. The van der Waals surface area contributed by atoms with Gasteiger partial charge in [-0.25, -0.2) is 0 Å². The molecule has 0 fully saturated rings. The fraction of sp³-hybridized carbons (Fsp3) is 0.429. The van der Waals surface area contributed by atoms with Crippen LogP contribution < -0.4 is 5.73 Å². The number of rotatable bonds is 8. The molecule has 0 heterocycles. The minimum atomic E-state index is -1.04. The number of aliphatic carboxylic acids is 1. The molecule has 0 aromatic heterocycles. The van der Waals surface area contributed by atoms with Gasteiger partial charge in [0.15, 0.2) is 0 Å². The van der Waals surface area contributed by atoms with Gasteiger partial charge in [0.25, 0.3) is 0 Å². The van der Waals surface area contributed by atoms with E-state index in [1.807, 2.05) is 37.3 Å². The van der Waals surface area contributed by atoms with Crippen molar-refractivity contribution in [3.8, 4) is 0 Å². The molecule has 1 aromatic carbocycles. The van der Waals surface area contributed by atoms with Crippen LogP contribution in [0.15, 0.2) is 30.3 Å². The van der Waals surface area contributed by atoms with Crippen LogP contribution >= 0.6 is 11.8 Å². The van der Waals surface area contributed by atoms with Crippen LogP contribution in [-0.2, 0) is 16.1 Å². The summed E-state index contributed by atoms with van der Waals surface area (Å²) in [7, 11) is 0. The number of benzene rings is 1. The van der Waals surface area contributed by atoms with Crippen molar-refractivity contribution in [3.05, 3.63) is 35.9 Å². The normalized spacial score (nSPS) is 11.9. The Morgan fingerprint density at radius 3 is 2.55 bits per heavy atom. The van der Waals surface area contributed by atoms with E-state index in [1.165, 1.54) is 11.8 Å². The molecule has 5 nitrogen and oxygen atoms in total. The second kappa shape index (κ2) is 8.60. The van der Waals surface area contributed by atoms with Gasteiger partial charge in [-0.15, -0.1) is 11.8 Å². The van der Waals surface area contributed by atoms with Crippen molar-refractivity contribution < 1.29 is 14.7 Å². The van der Waals surface area contributed by atoms with Crippen molar-refractivity contribution in [2.24, 2.45) is 5.73 Å². The number of amides is 1. The zero-order valence-corrected chi connectivity index (χ0v) is 12.3. The largest absolute Gasteiger partial charge is 0.480 e. The summed E-state index contributed by atoms with van der Waals surface area (Å²) in [6, 6.07) is 8.84. The predicted molar refractivity (Wildman–Crippen MR) is 80.5 cm³/mol. The quantitative estimate of drug-likeness (QED) is 0.752. The average molecular weight is 296 g/mol. The molecule has 0 saturated carbocycles. The molecule has 0 saturated heterocycles. The van der Waals surface area contributed by atoms with Crippen molar-refractivity contribution in [1.82, 2.24) is 4.90 Å². The van der Waals surface area contributed by atoms with Gasteiger partial charge in [-0.05, 0) is 12.5 Å². The van der Waals surface area contributed by atoms with Gasteiger partial charge in [0, 0.05) is 18.8 Å². The highest BCUT2D eigenvalue weighted by Gasteiger charge is 2.15. The van der Waals surface area contributed by atoms with Crippen molar-refractivity contribution in [1.29, 1.82) is 0 Å². The Labute approximate surface area is 123 Å². The van der Waals surface area contributed by atoms with Gasteiger partial charge < -0.3 is 15.7 Å². The van der Waals surface area contributed by atoms with E-state index in [1.54, 1.807) is 4.90 Å². The Kier molecular flexibility index (Phi) is 7.11. The lowest BCUT2D eigenvalue weighted by atomic mass is 10.2. The van der Waals surface area contributed by atoms with Gasteiger partial charge in [-0.2, -0.15) is 0 Å². The lowest BCUT2D eigenvalue weighted by molar-refractivity contribution is -0.138. The summed E-state index contributed by atoms with van der Waals surface area (Å²) in [6.45, 7) is 3.12. The Morgan fingerprint density at radius 1 is 1.35 bits per heavy atom. The molecule has 0 radical (unpaired) electrons. The Balaban J connectivity index is 2.41. The Bertz CT molecular complexity index is 439. The van der Waals surface area contributed by atoms with Gasteiger partial charge in [-0.1, -0.05) is 30.3 Å². The number of nitrogens with two attached hydrogens (primary N) is 1. The third-order valence-electron chi connectivity index (χ3n) is 2.79. The standard InChI is InChI=1S/C14H20N2O3S/c1-2-16(8-11-6-4-3-5-7-11)13(17)10-20-9-12(15)14(18)19/h3-7,12H,2,8-10,15H2,1H3,(H,18,19)/t12-/m0/s1. The molecule has 20 heavy (non-hydrogen) atoms. The summed E-state index contributed by atoms with van der Waals surface area (Å²) < 4.78 is 0. The number of nitrogens with zero attached hydrogens (tertiary/aromatic N) is 1. The third kappa shape index (κ3) is 5.63. The van der Waals surface area contributed by atoms with E-state index in [0.717, 1.165) is 5.56 Å². The lowest BCUT2D eigenvalue weighted by Gasteiger charge is -2.21. The molecule has 0 unspecified atom stereocenters. The van der Waals surface area contributed by atoms with Crippen LogP contribution in [0.2, 0.25) is 0 Å². The zero-order chi connectivity index (χ0) is 15.0. The first-order valence-corrected chi connectivity index (χ1v) is 7.58. The Hall–Kier alpha value is -1.53. The van der Waals surface area contributed by atoms with E-state index in [2.05, 4.69) is 0 Å². The van der Waals surface area contributed by atoms with Crippen LogP contribution in [0.1, 0.15) is 12.5 Å². The number of carboxylic acid groups (broad SMARTS) is 1. The van der Waals surface area contributed by atoms with Crippen LogP contribution in [0.4, 0.5) is 0 Å². The van der Waals surface area contributed by atoms with E-state index in [-0.39, 0.29) is 17.4 Å². The number of carbonyl (C=O) groups is 2. The van der Waals surface area contributed by atoms with Crippen LogP contribution in [0.25, 0.3) is 0 Å². The fourth-order valence-electron chi connectivity index (χ4n) is 1.62. The van der Waals surface area contributed by atoms with Crippen molar-refractivity contribution >= 4 is 23.6 Å². The van der Waals surface area contributed by atoms with Gasteiger partial charge in [0.1, 0.15) is 6.04 Å². The monoisotopic (exact) mass is 296 g/mol. The molecule has 0 aliphatic carbocycles. The molecular formula is C14H20N2O3S. The summed E-state index contributed by atoms with van der Waals surface area (Å²) in [5.41, 5.74) is 6.47. The topological polar surface area (TPSA) is 83.6 Å². The third-order valence-corrected chi connectivity index (χ3v) is 3.84. The molecule has 0 bridgehead atoms. The molecule has 0 spiro atoms. The SMILES string of the molecule is CCN(Cc1ccccc1)C(=O)CSC[C@H](N)C(=O)O.